The van der Waals surface area contributed by atoms with Crippen molar-refractivity contribution in [2.75, 3.05) is 23.3 Å². The number of benzene rings is 1. The molecule has 26 heavy (non-hydrogen) atoms. The molecule has 2 aromatic heterocycles. The molecule has 1 amide bonds. The first-order valence-electron chi connectivity index (χ1n) is 9.24. The summed E-state index contributed by atoms with van der Waals surface area (Å²) in [4.78, 5) is 22.9. The number of fused-ring (bicyclic) bond motifs is 1. The van der Waals surface area contributed by atoms with E-state index in [9.17, 15) is 4.79 Å². The highest BCUT2D eigenvalue weighted by Crippen LogP contribution is 2.25. The Morgan fingerprint density at radius 2 is 1.92 bits per heavy atom. The number of pyridine rings is 1. The molecular weight excluding hydrogens is 324 g/mol. The number of nitrogens with zero attached hydrogens (tertiary/aromatic N) is 2. The minimum atomic E-state index is -0.121. The summed E-state index contributed by atoms with van der Waals surface area (Å²) in [6.07, 6.45) is 5.49. The third kappa shape index (κ3) is 3.05. The van der Waals surface area contributed by atoms with Gasteiger partial charge in [0.05, 0.1) is 23.0 Å². The van der Waals surface area contributed by atoms with Gasteiger partial charge in [0.25, 0.3) is 5.91 Å². The second-order valence-electron chi connectivity index (χ2n) is 7.01. The number of aromatic amines is 1. The largest absolute Gasteiger partial charge is 0.358 e. The number of H-pyrrole nitrogens is 1. The van der Waals surface area contributed by atoms with Crippen molar-refractivity contribution in [2.24, 2.45) is 0 Å². The van der Waals surface area contributed by atoms with Gasteiger partial charge < -0.3 is 15.2 Å². The van der Waals surface area contributed by atoms with E-state index in [1.54, 1.807) is 6.20 Å². The van der Waals surface area contributed by atoms with E-state index in [0.717, 1.165) is 35.5 Å². The zero-order valence-corrected chi connectivity index (χ0v) is 15.3. The van der Waals surface area contributed by atoms with Crippen molar-refractivity contribution in [3.63, 3.8) is 0 Å². The summed E-state index contributed by atoms with van der Waals surface area (Å²) >= 11 is 0. The van der Waals surface area contributed by atoms with Crippen molar-refractivity contribution in [1.29, 1.82) is 0 Å². The van der Waals surface area contributed by atoms with Gasteiger partial charge in [-0.05, 0) is 56.9 Å². The van der Waals surface area contributed by atoms with Crippen molar-refractivity contribution in [1.82, 2.24) is 9.97 Å². The Labute approximate surface area is 153 Å². The van der Waals surface area contributed by atoms with E-state index < -0.39 is 0 Å². The Kier molecular flexibility index (Phi) is 4.37. The molecule has 0 radical (unpaired) electrons. The molecular formula is C21H24N4O. The molecule has 1 fully saturated rings. The average molecular weight is 348 g/mol. The molecule has 1 aromatic carbocycles. The van der Waals surface area contributed by atoms with Crippen molar-refractivity contribution < 1.29 is 4.79 Å². The third-order valence-corrected chi connectivity index (χ3v) is 5.27. The monoisotopic (exact) mass is 348 g/mol. The fraction of sp³-hybridized carbons (Fsp3) is 0.333. The van der Waals surface area contributed by atoms with E-state index in [4.69, 9.17) is 0 Å². The maximum Gasteiger partial charge on any atom is 0.257 e. The lowest BCUT2D eigenvalue weighted by Crippen LogP contribution is -2.30. The molecule has 0 aliphatic carbocycles. The van der Waals surface area contributed by atoms with Gasteiger partial charge in [-0.25, -0.2) is 4.98 Å². The van der Waals surface area contributed by atoms with Crippen LogP contribution in [0.4, 0.5) is 11.5 Å². The Morgan fingerprint density at radius 3 is 2.65 bits per heavy atom. The Hall–Kier alpha value is -2.82. The zero-order chi connectivity index (χ0) is 18.1. The number of nitrogens with one attached hydrogen (secondary N) is 2. The molecule has 1 saturated heterocycles. The van der Waals surface area contributed by atoms with Gasteiger partial charge in [0.1, 0.15) is 5.82 Å². The Morgan fingerprint density at radius 1 is 1.12 bits per heavy atom. The molecule has 5 nitrogen and oxygen atoms in total. The number of carbonyl (C=O) groups excluding carboxylic acids is 1. The number of aromatic nitrogens is 2. The van der Waals surface area contributed by atoms with Crippen LogP contribution in [0, 0.1) is 13.8 Å². The standard InChI is InChI=1S/C21H24N4O/c1-14-15(2)23-20-17(14)7-6-8-18(20)21(26)24-16-9-10-19(22-13-16)25-11-4-3-5-12-25/h6-10,13,23H,3-5,11-12H2,1-2H3,(H,24,26). The third-order valence-electron chi connectivity index (χ3n) is 5.27. The number of para-hydroxylation sites is 1. The van der Waals surface area contributed by atoms with Crippen LogP contribution in [0.15, 0.2) is 36.5 Å². The summed E-state index contributed by atoms with van der Waals surface area (Å²) in [5.41, 5.74) is 4.53. The number of rotatable bonds is 3. The molecule has 2 N–H and O–H groups in total. The van der Waals surface area contributed by atoms with E-state index in [0.29, 0.717) is 11.3 Å². The maximum absolute atomic E-state index is 12.8. The van der Waals surface area contributed by atoms with Gasteiger partial charge in [0.2, 0.25) is 0 Å². The Bertz CT molecular complexity index is 937. The van der Waals surface area contributed by atoms with Crippen LogP contribution in [-0.4, -0.2) is 29.0 Å². The summed E-state index contributed by atoms with van der Waals surface area (Å²) in [5.74, 6) is 0.866. The molecule has 0 saturated carbocycles. The van der Waals surface area contributed by atoms with Crippen LogP contribution in [-0.2, 0) is 0 Å². The van der Waals surface area contributed by atoms with E-state index >= 15 is 0 Å². The summed E-state index contributed by atoms with van der Waals surface area (Å²) in [5, 5.41) is 4.06. The summed E-state index contributed by atoms with van der Waals surface area (Å²) in [6, 6.07) is 9.74. The number of anilines is 2. The van der Waals surface area contributed by atoms with Crippen molar-refractivity contribution in [3.8, 4) is 0 Å². The van der Waals surface area contributed by atoms with Crippen molar-refractivity contribution in [2.45, 2.75) is 33.1 Å². The number of piperidine rings is 1. The van der Waals surface area contributed by atoms with Gasteiger partial charge in [0.15, 0.2) is 0 Å². The van der Waals surface area contributed by atoms with E-state index in [1.165, 1.54) is 24.8 Å². The molecule has 0 unspecified atom stereocenters. The lowest BCUT2D eigenvalue weighted by molar-refractivity contribution is 0.102. The quantitative estimate of drug-likeness (QED) is 0.736. The van der Waals surface area contributed by atoms with E-state index in [1.807, 2.05) is 37.3 Å². The van der Waals surface area contributed by atoms with E-state index in [-0.39, 0.29) is 5.91 Å². The van der Waals surface area contributed by atoms with Crippen molar-refractivity contribution >= 4 is 28.3 Å². The van der Waals surface area contributed by atoms with Crippen LogP contribution in [0.1, 0.15) is 40.9 Å². The van der Waals surface area contributed by atoms with E-state index in [2.05, 4.69) is 27.1 Å². The predicted molar refractivity (Wildman–Crippen MR) is 106 cm³/mol. The summed E-state index contributed by atoms with van der Waals surface area (Å²) in [6.45, 7) is 6.22. The molecule has 134 valence electrons. The molecule has 4 rings (SSSR count). The van der Waals surface area contributed by atoms with Crippen LogP contribution in [0.5, 0.6) is 0 Å². The molecule has 5 heteroatoms. The first kappa shape index (κ1) is 16.6. The van der Waals surface area contributed by atoms with Gasteiger partial charge in [-0.3, -0.25) is 4.79 Å². The fourth-order valence-corrected chi connectivity index (χ4v) is 3.64. The lowest BCUT2D eigenvalue weighted by Gasteiger charge is -2.27. The van der Waals surface area contributed by atoms with Gasteiger partial charge in [-0.15, -0.1) is 0 Å². The summed E-state index contributed by atoms with van der Waals surface area (Å²) < 4.78 is 0. The number of carbonyl (C=O) groups is 1. The predicted octanol–water partition coefficient (Wildman–Crippen LogP) is 4.42. The lowest BCUT2D eigenvalue weighted by atomic mass is 10.1. The normalized spacial score (nSPS) is 14.6. The first-order chi connectivity index (χ1) is 12.6. The molecule has 0 spiro atoms. The van der Waals surface area contributed by atoms with Gasteiger partial charge in [-0.1, -0.05) is 12.1 Å². The molecule has 1 aliphatic rings. The molecule has 0 atom stereocenters. The number of hydrogen-bond acceptors (Lipinski definition) is 3. The smallest absolute Gasteiger partial charge is 0.257 e. The van der Waals surface area contributed by atoms with Crippen LogP contribution < -0.4 is 10.2 Å². The highest BCUT2D eigenvalue weighted by atomic mass is 16.1. The van der Waals surface area contributed by atoms with Gasteiger partial charge >= 0.3 is 0 Å². The molecule has 1 aliphatic heterocycles. The minimum absolute atomic E-state index is 0.121. The zero-order valence-electron chi connectivity index (χ0n) is 15.3. The highest BCUT2D eigenvalue weighted by molar-refractivity contribution is 6.12. The average Bonchev–Trinajstić information content (AvgIpc) is 2.97. The topological polar surface area (TPSA) is 61.0 Å². The number of amides is 1. The van der Waals surface area contributed by atoms with Crippen LogP contribution >= 0.6 is 0 Å². The van der Waals surface area contributed by atoms with Crippen molar-refractivity contribution in [3.05, 3.63) is 53.3 Å². The first-order valence-corrected chi connectivity index (χ1v) is 9.24. The minimum Gasteiger partial charge on any atom is -0.358 e. The maximum atomic E-state index is 12.8. The fourth-order valence-electron chi connectivity index (χ4n) is 3.64. The van der Waals surface area contributed by atoms with Gasteiger partial charge in [-0.2, -0.15) is 0 Å². The van der Waals surface area contributed by atoms with Crippen LogP contribution in [0.2, 0.25) is 0 Å². The SMILES string of the molecule is Cc1[nH]c2c(C(=O)Nc3ccc(N4CCCCC4)nc3)cccc2c1C. The Balaban J connectivity index is 1.54. The second-order valence-corrected chi connectivity index (χ2v) is 7.01. The molecule has 3 heterocycles. The number of aryl methyl sites for hydroxylation is 2. The molecule has 0 bridgehead atoms. The molecule has 3 aromatic rings. The van der Waals surface area contributed by atoms with Crippen LogP contribution in [0.25, 0.3) is 10.9 Å². The van der Waals surface area contributed by atoms with Crippen LogP contribution in [0.3, 0.4) is 0 Å². The highest BCUT2D eigenvalue weighted by Gasteiger charge is 2.15. The number of hydrogen-bond donors (Lipinski definition) is 2. The second kappa shape index (κ2) is 6.83. The van der Waals surface area contributed by atoms with Gasteiger partial charge in [0, 0.05) is 24.2 Å². The summed E-state index contributed by atoms with van der Waals surface area (Å²) in [7, 11) is 0.